The van der Waals surface area contributed by atoms with E-state index in [9.17, 15) is 9.59 Å². The predicted molar refractivity (Wildman–Crippen MR) is 98.0 cm³/mol. The number of fused-ring (bicyclic) bond motifs is 3. The smallest absolute Gasteiger partial charge is 0.345 e. The zero-order valence-corrected chi connectivity index (χ0v) is 14.6. The molecule has 0 unspecified atom stereocenters. The monoisotopic (exact) mass is 344 g/mol. The summed E-state index contributed by atoms with van der Waals surface area (Å²) in [4.78, 5) is 27.3. The Kier molecular flexibility index (Phi) is 4.97. The number of benzene rings is 1. The molecule has 0 saturated heterocycles. The largest absolute Gasteiger partial charge is 0.422 e. The van der Waals surface area contributed by atoms with Gasteiger partial charge >= 0.3 is 5.63 Å². The average Bonchev–Trinajstić information content (AvgIpc) is 3.05. The van der Waals surface area contributed by atoms with Gasteiger partial charge in [0.15, 0.2) is 0 Å². The van der Waals surface area contributed by atoms with Gasteiger partial charge in [0.1, 0.15) is 5.58 Å². The average molecular weight is 344 g/mol. The van der Waals surface area contributed by atoms with Crippen molar-refractivity contribution in [1.29, 1.82) is 0 Å². The summed E-state index contributed by atoms with van der Waals surface area (Å²) in [5, 5.41) is 4.25. The SMILES string of the molecule is CCN(CC)CCNC(=O)c1cc2c(=O)oc3ccccc3c2s1. The van der Waals surface area contributed by atoms with Crippen LogP contribution in [0, 0.1) is 0 Å². The Labute approximate surface area is 143 Å². The summed E-state index contributed by atoms with van der Waals surface area (Å²) in [5.41, 5.74) is 0.146. The fourth-order valence-electron chi connectivity index (χ4n) is 2.71. The highest BCUT2D eigenvalue weighted by Crippen LogP contribution is 2.30. The molecule has 6 heteroatoms. The molecule has 1 N–H and O–H groups in total. The molecule has 0 aliphatic rings. The molecular formula is C18H20N2O3S. The van der Waals surface area contributed by atoms with Gasteiger partial charge in [-0.2, -0.15) is 0 Å². The van der Waals surface area contributed by atoms with E-state index in [0.29, 0.717) is 22.4 Å². The molecule has 2 heterocycles. The standard InChI is InChI=1S/C18H20N2O3S/c1-3-20(4-2)10-9-19-17(21)15-11-13-16(24-15)12-7-5-6-8-14(12)23-18(13)22/h5-8,11H,3-4,9-10H2,1-2H3,(H,19,21). The summed E-state index contributed by atoms with van der Waals surface area (Å²) < 4.78 is 6.12. The van der Waals surface area contributed by atoms with Gasteiger partial charge in [-0.3, -0.25) is 4.79 Å². The van der Waals surface area contributed by atoms with Crippen molar-refractivity contribution in [3.05, 3.63) is 45.6 Å². The Morgan fingerprint density at radius 3 is 2.71 bits per heavy atom. The van der Waals surface area contributed by atoms with Crippen molar-refractivity contribution in [2.24, 2.45) is 0 Å². The molecule has 3 rings (SSSR count). The maximum atomic E-state index is 12.4. The highest BCUT2D eigenvalue weighted by Gasteiger charge is 2.15. The molecule has 126 valence electrons. The minimum Gasteiger partial charge on any atom is -0.422 e. The molecule has 0 aliphatic carbocycles. The summed E-state index contributed by atoms with van der Waals surface area (Å²) in [6.45, 7) is 7.52. The zero-order chi connectivity index (χ0) is 17.1. The molecule has 0 radical (unpaired) electrons. The van der Waals surface area contributed by atoms with Gasteiger partial charge in [-0.05, 0) is 31.3 Å². The second-order valence-electron chi connectivity index (χ2n) is 5.52. The number of nitrogens with zero attached hydrogens (tertiary/aromatic N) is 1. The quantitative estimate of drug-likeness (QED) is 0.698. The lowest BCUT2D eigenvalue weighted by Crippen LogP contribution is -2.34. The molecule has 24 heavy (non-hydrogen) atoms. The van der Waals surface area contributed by atoms with Crippen LogP contribution in [-0.2, 0) is 0 Å². The van der Waals surface area contributed by atoms with E-state index in [1.807, 2.05) is 18.2 Å². The lowest BCUT2D eigenvalue weighted by atomic mass is 10.2. The van der Waals surface area contributed by atoms with Crippen LogP contribution in [0.4, 0.5) is 0 Å². The van der Waals surface area contributed by atoms with Gasteiger partial charge in [-0.15, -0.1) is 11.3 Å². The normalized spacial score (nSPS) is 11.5. The van der Waals surface area contributed by atoms with Crippen LogP contribution in [0.15, 0.2) is 39.5 Å². The molecule has 0 atom stereocenters. The van der Waals surface area contributed by atoms with Crippen LogP contribution in [0.1, 0.15) is 23.5 Å². The Morgan fingerprint density at radius 1 is 1.21 bits per heavy atom. The first-order chi connectivity index (χ1) is 11.6. The highest BCUT2D eigenvalue weighted by atomic mass is 32.1. The predicted octanol–water partition coefficient (Wildman–Crippen LogP) is 3.08. The van der Waals surface area contributed by atoms with Crippen molar-refractivity contribution in [2.45, 2.75) is 13.8 Å². The Morgan fingerprint density at radius 2 is 1.96 bits per heavy atom. The first kappa shape index (κ1) is 16.7. The van der Waals surface area contributed by atoms with Crippen LogP contribution in [-0.4, -0.2) is 37.0 Å². The van der Waals surface area contributed by atoms with Crippen molar-refractivity contribution >= 4 is 38.3 Å². The molecule has 0 fully saturated rings. The first-order valence-corrected chi connectivity index (χ1v) is 8.91. The molecule has 3 aromatic rings. The van der Waals surface area contributed by atoms with Crippen LogP contribution in [0.5, 0.6) is 0 Å². The maximum Gasteiger partial charge on any atom is 0.345 e. The number of likely N-dealkylation sites (N-methyl/N-ethyl adjacent to an activating group) is 1. The minimum absolute atomic E-state index is 0.146. The zero-order valence-electron chi connectivity index (χ0n) is 13.8. The van der Waals surface area contributed by atoms with Gasteiger partial charge in [-0.25, -0.2) is 4.79 Å². The third-order valence-electron chi connectivity index (χ3n) is 4.12. The van der Waals surface area contributed by atoms with Crippen molar-refractivity contribution in [3.8, 4) is 0 Å². The lowest BCUT2D eigenvalue weighted by Gasteiger charge is -2.17. The summed E-state index contributed by atoms with van der Waals surface area (Å²) in [5.74, 6) is -0.146. The Bertz CT molecular complexity index is 925. The first-order valence-electron chi connectivity index (χ1n) is 8.10. The van der Waals surface area contributed by atoms with Gasteiger partial charge in [0.2, 0.25) is 0 Å². The Hall–Kier alpha value is -2.18. The fraction of sp³-hybridized carbons (Fsp3) is 0.333. The van der Waals surface area contributed by atoms with Crippen LogP contribution in [0.3, 0.4) is 0 Å². The molecule has 1 aromatic carbocycles. The third-order valence-corrected chi connectivity index (χ3v) is 5.29. The highest BCUT2D eigenvalue weighted by molar-refractivity contribution is 7.21. The molecule has 5 nitrogen and oxygen atoms in total. The van der Waals surface area contributed by atoms with Gasteiger partial charge in [0, 0.05) is 18.5 Å². The molecule has 0 bridgehead atoms. The van der Waals surface area contributed by atoms with Gasteiger partial charge in [0.25, 0.3) is 5.91 Å². The van der Waals surface area contributed by atoms with Crippen LogP contribution < -0.4 is 10.9 Å². The fourth-order valence-corrected chi connectivity index (χ4v) is 3.80. The van der Waals surface area contributed by atoms with Crippen molar-refractivity contribution in [1.82, 2.24) is 10.2 Å². The number of amides is 1. The van der Waals surface area contributed by atoms with Crippen molar-refractivity contribution in [2.75, 3.05) is 26.2 Å². The van der Waals surface area contributed by atoms with E-state index in [2.05, 4.69) is 24.1 Å². The number of hydrogen-bond donors (Lipinski definition) is 1. The van der Waals surface area contributed by atoms with E-state index >= 15 is 0 Å². The van der Waals surface area contributed by atoms with Crippen molar-refractivity contribution in [3.63, 3.8) is 0 Å². The van der Waals surface area contributed by atoms with Crippen LogP contribution in [0.2, 0.25) is 0 Å². The summed E-state index contributed by atoms with van der Waals surface area (Å²) in [7, 11) is 0. The molecule has 1 amide bonds. The number of para-hydroxylation sites is 1. The van der Waals surface area contributed by atoms with Crippen molar-refractivity contribution < 1.29 is 9.21 Å². The number of nitrogens with one attached hydrogen (secondary N) is 1. The van der Waals surface area contributed by atoms with E-state index in [1.165, 1.54) is 11.3 Å². The number of carbonyl (C=O) groups excluding carboxylic acids is 1. The van der Waals surface area contributed by atoms with Crippen LogP contribution in [0.25, 0.3) is 21.1 Å². The van der Waals surface area contributed by atoms with E-state index in [1.54, 1.807) is 12.1 Å². The summed E-state index contributed by atoms with van der Waals surface area (Å²) >= 11 is 1.33. The maximum absolute atomic E-state index is 12.4. The minimum atomic E-state index is -0.401. The van der Waals surface area contributed by atoms with E-state index in [-0.39, 0.29) is 5.91 Å². The Balaban J connectivity index is 1.85. The van der Waals surface area contributed by atoms with Gasteiger partial charge in [-0.1, -0.05) is 26.0 Å². The summed E-state index contributed by atoms with van der Waals surface area (Å²) in [6, 6.07) is 9.01. The molecule has 2 aromatic heterocycles. The topological polar surface area (TPSA) is 62.6 Å². The molecule has 0 aliphatic heterocycles. The molecule has 0 spiro atoms. The second kappa shape index (κ2) is 7.15. The van der Waals surface area contributed by atoms with E-state index in [4.69, 9.17) is 4.42 Å². The number of rotatable bonds is 6. The molecule has 0 saturated carbocycles. The molecular weight excluding hydrogens is 324 g/mol. The van der Waals surface area contributed by atoms with Gasteiger partial charge < -0.3 is 14.6 Å². The van der Waals surface area contributed by atoms with Gasteiger partial charge in [0.05, 0.1) is 15.0 Å². The third kappa shape index (κ3) is 3.20. The van der Waals surface area contributed by atoms with Crippen LogP contribution >= 0.6 is 11.3 Å². The number of carbonyl (C=O) groups is 1. The van der Waals surface area contributed by atoms with E-state index < -0.39 is 5.63 Å². The number of thiophene rings is 1. The number of hydrogen-bond acceptors (Lipinski definition) is 5. The lowest BCUT2D eigenvalue weighted by molar-refractivity contribution is 0.0953. The van der Waals surface area contributed by atoms with E-state index in [0.717, 1.165) is 29.7 Å². The second-order valence-corrected chi connectivity index (χ2v) is 6.57. The summed E-state index contributed by atoms with van der Waals surface area (Å²) in [6.07, 6.45) is 0.